The van der Waals surface area contributed by atoms with Gasteiger partial charge in [0.2, 0.25) is 0 Å². The summed E-state index contributed by atoms with van der Waals surface area (Å²) >= 11 is 3.32. The molecule has 0 spiro atoms. The highest BCUT2D eigenvalue weighted by molar-refractivity contribution is 9.10. The first kappa shape index (κ1) is 10.5. The maximum Gasteiger partial charge on any atom is 0.125 e. The highest BCUT2D eigenvalue weighted by Gasteiger charge is 2.11. The molecule has 4 heteroatoms. The van der Waals surface area contributed by atoms with Gasteiger partial charge in [0.25, 0.3) is 0 Å². The zero-order chi connectivity index (χ0) is 9.84. The Labute approximate surface area is 85.6 Å². The van der Waals surface area contributed by atoms with Gasteiger partial charge in [-0.1, -0.05) is 22.0 Å². The van der Waals surface area contributed by atoms with Crippen LogP contribution in [0.1, 0.15) is 11.7 Å². The van der Waals surface area contributed by atoms with Crippen LogP contribution < -0.4 is 10.5 Å². The molecule has 1 atom stereocenters. The molecule has 0 heterocycles. The minimum Gasteiger partial charge on any atom is -0.496 e. The van der Waals surface area contributed by atoms with E-state index in [0.717, 1.165) is 4.47 Å². The Balaban J connectivity index is 3.05. The number of methoxy groups -OCH3 is 1. The van der Waals surface area contributed by atoms with Crippen LogP contribution in [-0.2, 0) is 0 Å². The SMILES string of the molecule is COc1cc(Br)ccc1[C@H](O)CN. The summed E-state index contributed by atoms with van der Waals surface area (Å²) in [6.45, 7) is 0.192. The molecule has 0 saturated heterocycles. The molecule has 0 aromatic heterocycles. The molecule has 1 aromatic rings. The Morgan fingerprint density at radius 3 is 2.85 bits per heavy atom. The first-order valence-electron chi connectivity index (χ1n) is 3.90. The molecule has 72 valence electrons. The normalized spacial score (nSPS) is 12.6. The third kappa shape index (κ3) is 2.43. The van der Waals surface area contributed by atoms with Crippen molar-refractivity contribution in [3.8, 4) is 5.75 Å². The van der Waals surface area contributed by atoms with Crippen molar-refractivity contribution >= 4 is 15.9 Å². The van der Waals surface area contributed by atoms with E-state index in [4.69, 9.17) is 10.5 Å². The molecular formula is C9H12BrNO2. The number of nitrogens with two attached hydrogens (primary N) is 1. The van der Waals surface area contributed by atoms with Crippen molar-refractivity contribution in [3.05, 3.63) is 28.2 Å². The summed E-state index contributed by atoms with van der Waals surface area (Å²) in [4.78, 5) is 0. The van der Waals surface area contributed by atoms with E-state index >= 15 is 0 Å². The number of rotatable bonds is 3. The number of ether oxygens (including phenoxy) is 1. The predicted molar refractivity (Wildman–Crippen MR) is 54.7 cm³/mol. The Hall–Kier alpha value is -0.580. The van der Waals surface area contributed by atoms with E-state index in [9.17, 15) is 5.11 Å². The summed E-state index contributed by atoms with van der Waals surface area (Å²) < 4.78 is 6.02. The van der Waals surface area contributed by atoms with E-state index < -0.39 is 6.10 Å². The molecule has 0 aliphatic rings. The van der Waals surface area contributed by atoms with Crippen LogP contribution in [0.15, 0.2) is 22.7 Å². The first-order valence-corrected chi connectivity index (χ1v) is 4.70. The Morgan fingerprint density at radius 1 is 1.62 bits per heavy atom. The van der Waals surface area contributed by atoms with E-state index in [0.29, 0.717) is 11.3 Å². The van der Waals surface area contributed by atoms with Gasteiger partial charge in [-0.3, -0.25) is 0 Å². The van der Waals surface area contributed by atoms with E-state index in [1.54, 1.807) is 19.2 Å². The molecular weight excluding hydrogens is 234 g/mol. The summed E-state index contributed by atoms with van der Waals surface area (Å²) in [5, 5.41) is 9.51. The predicted octanol–water partition coefficient (Wildman–Crippen LogP) is 1.45. The lowest BCUT2D eigenvalue weighted by atomic mass is 10.1. The number of benzene rings is 1. The van der Waals surface area contributed by atoms with Gasteiger partial charge in [0, 0.05) is 16.6 Å². The van der Waals surface area contributed by atoms with Crippen molar-refractivity contribution in [2.75, 3.05) is 13.7 Å². The molecule has 0 radical (unpaired) electrons. The van der Waals surface area contributed by atoms with Crippen molar-refractivity contribution in [2.45, 2.75) is 6.10 Å². The second kappa shape index (κ2) is 4.60. The minimum atomic E-state index is -0.664. The summed E-state index contributed by atoms with van der Waals surface area (Å²) in [5.41, 5.74) is 6.06. The van der Waals surface area contributed by atoms with Crippen LogP contribution in [-0.4, -0.2) is 18.8 Å². The van der Waals surface area contributed by atoms with Crippen LogP contribution in [0.4, 0.5) is 0 Å². The standard InChI is InChI=1S/C9H12BrNO2/c1-13-9-4-6(10)2-3-7(9)8(12)5-11/h2-4,8,12H,5,11H2,1H3/t8-/m1/s1. The highest BCUT2D eigenvalue weighted by atomic mass is 79.9. The molecule has 0 amide bonds. The molecule has 0 fully saturated rings. The van der Waals surface area contributed by atoms with Gasteiger partial charge in [0.1, 0.15) is 5.75 Å². The third-order valence-corrected chi connectivity index (χ3v) is 2.27. The fourth-order valence-corrected chi connectivity index (χ4v) is 1.43. The molecule has 0 aliphatic carbocycles. The van der Waals surface area contributed by atoms with Gasteiger partial charge in [-0.15, -0.1) is 0 Å². The number of aliphatic hydroxyl groups excluding tert-OH is 1. The van der Waals surface area contributed by atoms with Crippen LogP contribution >= 0.6 is 15.9 Å². The largest absolute Gasteiger partial charge is 0.496 e. The smallest absolute Gasteiger partial charge is 0.125 e. The Kier molecular flexibility index (Phi) is 3.71. The first-order chi connectivity index (χ1) is 6.19. The zero-order valence-corrected chi connectivity index (χ0v) is 8.91. The van der Waals surface area contributed by atoms with Crippen LogP contribution in [0, 0.1) is 0 Å². The molecule has 3 nitrogen and oxygen atoms in total. The summed E-state index contributed by atoms with van der Waals surface area (Å²) in [6, 6.07) is 5.44. The van der Waals surface area contributed by atoms with Crippen LogP contribution in [0.3, 0.4) is 0 Å². The van der Waals surface area contributed by atoms with E-state index in [1.807, 2.05) is 6.07 Å². The van der Waals surface area contributed by atoms with E-state index in [-0.39, 0.29) is 6.54 Å². The third-order valence-electron chi connectivity index (χ3n) is 1.78. The highest BCUT2D eigenvalue weighted by Crippen LogP contribution is 2.27. The lowest BCUT2D eigenvalue weighted by Gasteiger charge is -2.12. The van der Waals surface area contributed by atoms with Crippen LogP contribution in [0.25, 0.3) is 0 Å². The average molecular weight is 246 g/mol. The second-order valence-electron chi connectivity index (χ2n) is 2.64. The zero-order valence-electron chi connectivity index (χ0n) is 7.33. The molecule has 0 unspecified atom stereocenters. The second-order valence-corrected chi connectivity index (χ2v) is 3.55. The molecule has 1 aromatic carbocycles. The van der Waals surface area contributed by atoms with Crippen LogP contribution in [0.2, 0.25) is 0 Å². The van der Waals surface area contributed by atoms with E-state index in [2.05, 4.69) is 15.9 Å². The molecule has 1 rings (SSSR count). The van der Waals surface area contributed by atoms with E-state index in [1.165, 1.54) is 0 Å². The molecule has 13 heavy (non-hydrogen) atoms. The quantitative estimate of drug-likeness (QED) is 0.848. The van der Waals surface area contributed by atoms with Gasteiger partial charge in [0.05, 0.1) is 13.2 Å². The van der Waals surface area contributed by atoms with Crippen molar-refractivity contribution in [1.29, 1.82) is 0 Å². The molecule has 3 N–H and O–H groups in total. The van der Waals surface area contributed by atoms with Gasteiger partial charge in [-0.2, -0.15) is 0 Å². The summed E-state index contributed by atoms with van der Waals surface area (Å²) in [5.74, 6) is 0.646. The fourth-order valence-electron chi connectivity index (χ4n) is 1.09. The van der Waals surface area contributed by atoms with Gasteiger partial charge in [-0.05, 0) is 12.1 Å². The van der Waals surface area contributed by atoms with Crippen molar-refractivity contribution in [2.24, 2.45) is 5.73 Å². The van der Waals surface area contributed by atoms with Gasteiger partial charge >= 0.3 is 0 Å². The molecule has 0 bridgehead atoms. The monoisotopic (exact) mass is 245 g/mol. The van der Waals surface area contributed by atoms with Gasteiger partial charge in [0.15, 0.2) is 0 Å². The molecule has 0 saturated carbocycles. The van der Waals surface area contributed by atoms with Gasteiger partial charge < -0.3 is 15.6 Å². The Morgan fingerprint density at radius 2 is 2.31 bits per heavy atom. The average Bonchev–Trinajstić information content (AvgIpc) is 2.16. The number of halogens is 1. The van der Waals surface area contributed by atoms with Gasteiger partial charge in [-0.25, -0.2) is 0 Å². The molecule has 0 aliphatic heterocycles. The summed E-state index contributed by atoms with van der Waals surface area (Å²) in [6.07, 6.45) is -0.664. The van der Waals surface area contributed by atoms with Crippen LogP contribution in [0.5, 0.6) is 5.75 Å². The lowest BCUT2D eigenvalue weighted by Crippen LogP contribution is -2.12. The maximum absolute atomic E-state index is 9.51. The number of aliphatic hydroxyl groups is 1. The van der Waals surface area contributed by atoms with Crippen molar-refractivity contribution < 1.29 is 9.84 Å². The lowest BCUT2D eigenvalue weighted by molar-refractivity contribution is 0.182. The maximum atomic E-state index is 9.51. The minimum absolute atomic E-state index is 0.192. The number of hydrogen-bond acceptors (Lipinski definition) is 3. The topological polar surface area (TPSA) is 55.5 Å². The Bertz CT molecular complexity index is 291. The summed E-state index contributed by atoms with van der Waals surface area (Å²) in [7, 11) is 1.56. The van der Waals surface area contributed by atoms with Crippen molar-refractivity contribution in [1.82, 2.24) is 0 Å². The van der Waals surface area contributed by atoms with Crippen molar-refractivity contribution in [3.63, 3.8) is 0 Å². The number of hydrogen-bond donors (Lipinski definition) is 2. The fraction of sp³-hybridized carbons (Fsp3) is 0.333.